The minimum absolute atomic E-state index is 0.0893. The van der Waals surface area contributed by atoms with Crippen LogP contribution in [0.5, 0.6) is 0 Å². The monoisotopic (exact) mass is 395 g/mol. The van der Waals surface area contributed by atoms with Gasteiger partial charge in [0.15, 0.2) is 0 Å². The molecule has 1 amide bonds. The molecule has 1 N–H and O–H groups in total. The Morgan fingerprint density at radius 3 is 2.54 bits per heavy atom. The van der Waals surface area contributed by atoms with Crippen LogP contribution in [-0.4, -0.2) is 59.9 Å². The van der Waals surface area contributed by atoms with Gasteiger partial charge in [-0.2, -0.15) is 4.31 Å². The molecule has 8 nitrogen and oxygen atoms in total. The van der Waals surface area contributed by atoms with Gasteiger partial charge in [-0.25, -0.2) is 8.42 Å². The van der Waals surface area contributed by atoms with Crippen LogP contribution in [0, 0.1) is 6.92 Å². The lowest BCUT2D eigenvalue weighted by molar-refractivity contribution is -0.114. The van der Waals surface area contributed by atoms with E-state index >= 15 is 0 Å². The number of carbonyl (C=O) groups excluding carboxylic acids is 1. The largest absolute Gasteiger partial charge is 0.301 e. The summed E-state index contributed by atoms with van der Waals surface area (Å²) in [7, 11) is -3.68. The van der Waals surface area contributed by atoms with Crippen molar-refractivity contribution < 1.29 is 13.2 Å². The van der Waals surface area contributed by atoms with Crippen LogP contribution in [-0.2, 0) is 21.4 Å². The van der Waals surface area contributed by atoms with E-state index in [0.717, 1.165) is 17.9 Å². The molecule has 0 atom stereocenters. The molecule has 0 bridgehead atoms. The molecule has 3 rings (SSSR count). The van der Waals surface area contributed by atoms with E-state index in [2.05, 4.69) is 39.5 Å². The van der Waals surface area contributed by atoms with Gasteiger partial charge in [0.25, 0.3) is 10.0 Å². The van der Waals surface area contributed by atoms with Crippen LogP contribution in [0.1, 0.15) is 18.1 Å². The second-order valence-corrected chi connectivity index (χ2v) is 9.25. The average molecular weight is 396 g/mol. The van der Waals surface area contributed by atoms with Gasteiger partial charge in [0.2, 0.25) is 15.4 Å². The normalized spacial score (nSPS) is 16.5. The molecule has 0 aliphatic carbocycles. The molecule has 1 aromatic heterocycles. The Labute approximate surface area is 156 Å². The molecule has 1 saturated heterocycles. The van der Waals surface area contributed by atoms with E-state index in [9.17, 15) is 13.2 Å². The maximum Gasteiger partial charge on any atom is 0.272 e. The van der Waals surface area contributed by atoms with Crippen molar-refractivity contribution in [3.8, 4) is 0 Å². The fourth-order valence-electron chi connectivity index (χ4n) is 2.78. The smallest absolute Gasteiger partial charge is 0.272 e. The molecule has 140 valence electrons. The van der Waals surface area contributed by atoms with Crippen molar-refractivity contribution in [2.24, 2.45) is 0 Å². The van der Waals surface area contributed by atoms with E-state index in [1.807, 2.05) is 12.1 Å². The summed E-state index contributed by atoms with van der Waals surface area (Å²) in [6.45, 7) is 6.36. The zero-order valence-electron chi connectivity index (χ0n) is 14.7. The van der Waals surface area contributed by atoms with Crippen molar-refractivity contribution in [2.75, 3.05) is 31.5 Å². The number of rotatable bonds is 5. The maximum absolute atomic E-state index is 12.7. The van der Waals surface area contributed by atoms with Crippen LogP contribution in [0.15, 0.2) is 28.6 Å². The zero-order valence-corrected chi connectivity index (χ0v) is 16.3. The predicted molar refractivity (Wildman–Crippen MR) is 99.4 cm³/mol. The third-order valence-corrected chi connectivity index (χ3v) is 7.32. The number of carbonyl (C=O) groups is 1. The molecule has 10 heteroatoms. The predicted octanol–water partition coefficient (Wildman–Crippen LogP) is 1.31. The summed E-state index contributed by atoms with van der Waals surface area (Å²) < 4.78 is 26.8. The van der Waals surface area contributed by atoms with Crippen molar-refractivity contribution in [1.82, 2.24) is 19.4 Å². The van der Waals surface area contributed by atoms with Crippen LogP contribution in [0.4, 0.5) is 5.13 Å². The summed E-state index contributed by atoms with van der Waals surface area (Å²) in [5.41, 5.74) is 2.50. The Morgan fingerprint density at radius 1 is 1.19 bits per heavy atom. The molecule has 0 saturated carbocycles. The Kier molecular flexibility index (Phi) is 5.66. The first kappa shape index (κ1) is 18.9. The summed E-state index contributed by atoms with van der Waals surface area (Å²) in [5.74, 6) is -0.310. The van der Waals surface area contributed by atoms with Crippen LogP contribution in [0.2, 0.25) is 0 Å². The lowest BCUT2D eigenvalue weighted by atomic mass is 10.1. The number of piperazine rings is 1. The van der Waals surface area contributed by atoms with Gasteiger partial charge in [-0.3, -0.25) is 9.69 Å². The second-order valence-electron chi connectivity index (χ2n) is 6.16. The highest BCUT2D eigenvalue weighted by Gasteiger charge is 2.31. The number of anilines is 1. The Bertz CT molecular complexity index is 889. The number of amides is 1. The molecule has 2 aromatic rings. The molecule has 0 spiro atoms. The van der Waals surface area contributed by atoms with Gasteiger partial charge >= 0.3 is 0 Å². The van der Waals surface area contributed by atoms with Crippen molar-refractivity contribution in [3.63, 3.8) is 0 Å². The molecule has 0 unspecified atom stereocenters. The summed E-state index contributed by atoms with van der Waals surface area (Å²) >= 11 is 0.870. The van der Waals surface area contributed by atoms with Crippen molar-refractivity contribution in [1.29, 1.82) is 0 Å². The van der Waals surface area contributed by atoms with Crippen molar-refractivity contribution in [3.05, 3.63) is 35.4 Å². The topological polar surface area (TPSA) is 95.5 Å². The molecule has 2 heterocycles. The van der Waals surface area contributed by atoms with Crippen LogP contribution in [0.3, 0.4) is 0 Å². The van der Waals surface area contributed by atoms with Gasteiger partial charge in [0.05, 0.1) is 0 Å². The Morgan fingerprint density at radius 2 is 1.88 bits per heavy atom. The minimum atomic E-state index is -3.68. The minimum Gasteiger partial charge on any atom is -0.301 e. The van der Waals surface area contributed by atoms with Crippen LogP contribution >= 0.6 is 11.3 Å². The van der Waals surface area contributed by atoms with E-state index in [0.29, 0.717) is 26.2 Å². The average Bonchev–Trinajstić information content (AvgIpc) is 3.06. The summed E-state index contributed by atoms with van der Waals surface area (Å²) in [6.07, 6.45) is 0. The highest BCUT2D eigenvalue weighted by Crippen LogP contribution is 2.24. The first-order valence-corrected chi connectivity index (χ1v) is 10.5. The van der Waals surface area contributed by atoms with E-state index in [1.54, 1.807) is 0 Å². The highest BCUT2D eigenvalue weighted by molar-refractivity contribution is 7.91. The summed E-state index contributed by atoms with van der Waals surface area (Å²) in [4.78, 5) is 13.3. The fourth-order valence-corrected chi connectivity index (χ4v) is 5.29. The lowest BCUT2D eigenvalue weighted by Crippen LogP contribution is -2.48. The molecule has 1 aromatic carbocycles. The van der Waals surface area contributed by atoms with Gasteiger partial charge in [0.1, 0.15) is 0 Å². The Balaban J connectivity index is 1.62. The standard InChI is InChI=1S/C16H21N5O3S2/c1-12-5-3-4-6-14(12)11-20-7-9-21(10-8-20)26(23,24)16-19-18-15(25-16)17-13(2)22/h3-6H,7-11H2,1-2H3,(H,17,18,22). The number of benzene rings is 1. The molecule has 26 heavy (non-hydrogen) atoms. The Hall–Kier alpha value is -1.88. The maximum atomic E-state index is 12.7. The molecular formula is C16H21N5O3S2. The van der Waals surface area contributed by atoms with Gasteiger partial charge in [0, 0.05) is 39.6 Å². The van der Waals surface area contributed by atoms with Gasteiger partial charge in [-0.15, -0.1) is 10.2 Å². The van der Waals surface area contributed by atoms with Gasteiger partial charge in [-0.05, 0) is 18.1 Å². The van der Waals surface area contributed by atoms with E-state index in [1.165, 1.54) is 22.4 Å². The van der Waals surface area contributed by atoms with E-state index < -0.39 is 10.0 Å². The first-order chi connectivity index (χ1) is 12.4. The highest BCUT2D eigenvalue weighted by atomic mass is 32.2. The number of nitrogens with zero attached hydrogens (tertiary/aromatic N) is 4. The number of nitrogens with one attached hydrogen (secondary N) is 1. The molecule has 1 aliphatic rings. The van der Waals surface area contributed by atoms with Crippen LogP contribution < -0.4 is 5.32 Å². The van der Waals surface area contributed by atoms with Crippen LogP contribution in [0.25, 0.3) is 0 Å². The zero-order chi connectivity index (χ0) is 18.7. The summed E-state index contributed by atoms with van der Waals surface area (Å²) in [5, 5.41) is 10.1. The van der Waals surface area contributed by atoms with E-state index in [4.69, 9.17) is 0 Å². The number of sulfonamides is 1. The number of aryl methyl sites for hydroxylation is 1. The second kappa shape index (κ2) is 7.78. The van der Waals surface area contributed by atoms with Gasteiger partial charge in [-0.1, -0.05) is 35.6 Å². The number of hydrogen-bond donors (Lipinski definition) is 1. The first-order valence-electron chi connectivity index (χ1n) is 8.24. The van der Waals surface area contributed by atoms with E-state index in [-0.39, 0.29) is 15.4 Å². The molecule has 1 aliphatic heterocycles. The molecule has 0 radical (unpaired) electrons. The fraction of sp³-hybridized carbons (Fsp3) is 0.438. The number of hydrogen-bond acceptors (Lipinski definition) is 7. The molecular weight excluding hydrogens is 374 g/mol. The number of aromatic nitrogens is 2. The SMILES string of the molecule is CC(=O)Nc1nnc(S(=O)(=O)N2CCN(Cc3ccccc3C)CC2)s1. The molecule has 1 fully saturated rings. The summed E-state index contributed by atoms with van der Waals surface area (Å²) in [6, 6.07) is 8.22. The van der Waals surface area contributed by atoms with Gasteiger partial charge < -0.3 is 5.32 Å². The third kappa shape index (κ3) is 4.26. The quantitative estimate of drug-likeness (QED) is 0.767. The third-order valence-electron chi connectivity index (χ3n) is 4.24. The lowest BCUT2D eigenvalue weighted by Gasteiger charge is -2.33. The van der Waals surface area contributed by atoms with Crippen molar-refractivity contribution >= 4 is 32.4 Å². The van der Waals surface area contributed by atoms with Crippen molar-refractivity contribution in [2.45, 2.75) is 24.7 Å².